The van der Waals surface area contributed by atoms with E-state index in [0.717, 1.165) is 16.9 Å². The fourth-order valence-electron chi connectivity index (χ4n) is 2.54. The molecule has 0 spiro atoms. The number of nitro groups is 1. The molecule has 25 heavy (non-hydrogen) atoms. The number of nitrogens with zero attached hydrogens (tertiary/aromatic N) is 3. The Morgan fingerprint density at radius 3 is 2.76 bits per heavy atom. The third-order valence-corrected chi connectivity index (χ3v) is 3.95. The van der Waals surface area contributed by atoms with E-state index in [0.29, 0.717) is 24.1 Å². The van der Waals surface area contributed by atoms with Gasteiger partial charge in [0.25, 0.3) is 11.2 Å². The summed E-state index contributed by atoms with van der Waals surface area (Å²) in [7, 11) is 0. The molecule has 0 atom stereocenters. The molecule has 1 aromatic heterocycles. The first-order chi connectivity index (χ1) is 12.0. The van der Waals surface area contributed by atoms with E-state index in [2.05, 4.69) is 4.98 Å². The molecule has 0 unspecified atom stereocenters. The van der Waals surface area contributed by atoms with Crippen molar-refractivity contribution in [2.45, 2.75) is 20.4 Å². The predicted octanol–water partition coefficient (Wildman–Crippen LogP) is 3.00. The lowest BCUT2D eigenvalue weighted by Crippen LogP contribution is -2.23. The van der Waals surface area contributed by atoms with E-state index in [1.807, 2.05) is 32.0 Å². The molecule has 7 nitrogen and oxygen atoms in total. The van der Waals surface area contributed by atoms with Gasteiger partial charge in [-0.25, -0.2) is 4.98 Å². The van der Waals surface area contributed by atoms with E-state index < -0.39 is 4.92 Å². The largest absolute Gasteiger partial charge is 0.491 e. The molecule has 0 amide bonds. The van der Waals surface area contributed by atoms with Crippen LogP contribution in [-0.2, 0) is 6.54 Å². The molecule has 0 saturated carbocycles. The second-order valence-corrected chi connectivity index (χ2v) is 5.82. The molecule has 3 rings (SSSR count). The van der Waals surface area contributed by atoms with Crippen molar-refractivity contribution in [2.24, 2.45) is 0 Å². The highest BCUT2D eigenvalue weighted by atomic mass is 16.6. The smallest absolute Gasteiger partial charge is 0.271 e. The molecule has 2 aromatic carbocycles. The molecule has 0 fully saturated rings. The van der Waals surface area contributed by atoms with Gasteiger partial charge in [0.1, 0.15) is 12.4 Å². The van der Waals surface area contributed by atoms with E-state index in [1.165, 1.54) is 29.1 Å². The maximum absolute atomic E-state index is 12.5. The zero-order valence-corrected chi connectivity index (χ0v) is 13.9. The summed E-state index contributed by atoms with van der Waals surface area (Å²) < 4.78 is 7.21. The second-order valence-electron chi connectivity index (χ2n) is 5.82. The number of benzene rings is 2. The standard InChI is InChI=1S/C18H17N3O4/c1-12-3-4-13(2)17(9-12)25-8-7-20-11-19-16-10-14(21(23)24)5-6-15(16)18(20)22/h3-6,9-11H,7-8H2,1-2H3. The Kier molecular flexibility index (Phi) is 4.47. The van der Waals surface area contributed by atoms with Crippen molar-refractivity contribution in [3.05, 3.63) is 74.3 Å². The first-order valence-corrected chi connectivity index (χ1v) is 7.79. The lowest BCUT2D eigenvalue weighted by atomic mass is 10.1. The Morgan fingerprint density at radius 1 is 1.20 bits per heavy atom. The van der Waals surface area contributed by atoms with Crippen LogP contribution in [0, 0.1) is 24.0 Å². The van der Waals surface area contributed by atoms with E-state index in [-0.39, 0.29) is 11.2 Å². The number of hydrogen-bond acceptors (Lipinski definition) is 5. The summed E-state index contributed by atoms with van der Waals surface area (Å²) in [4.78, 5) is 26.9. The van der Waals surface area contributed by atoms with Crippen LogP contribution in [0.2, 0.25) is 0 Å². The molecule has 0 aliphatic rings. The van der Waals surface area contributed by atoms with Crippen molar-refractivity contribution in [2.75, 3.05) is 6.61 Å². The van der Waals surface area contributed by atoms with Crippen LogP contribution in [0.1, 0.15) is 11.1 Å². The van der Waals surface area contributed by atoms with Crippen molar-refractivity contribution < 1.29 is 9.66 Å². The van der Waals surface area contributed by atoms with Crippen LogP contribution in [0.3, 0.4) is 0 Å². The van der Waals surface area contributed by atoms with Gasteiger partial charge in [-0.2, -0.15) is 0 Å². The highest BCUT2D eigenvalue weighted by molar-refractivity contribution is 5.79. The summed E-state index contributed by atoms with van der Waals surface area (Å²) in [6.07, 6.45) is 1.39. The van der Waals surface area contributed by atoms with Crippen LogP contribution >= 0.6 is 0 Å². The average Bonchev–Trinajstić information content (AvgIpc) is 2.59. The Bertz CT molecular complexity index is 1010. The highest BCUT2D eigenvalue weighted by Crippen LogP contribution is 2.19. The molecule has 0 aliphatic carbocycles. The number of hydrogen-bond donors (Lipinski definition) is 0. The zero-order chi connectivity index (χ0) is 18.0. The molecule has 0 aliphatic heterocycles. The molecule has 7 heteroatoms. The van der Waals surface area contributed by atoms with Crippen LogP contribution in [0.4, 0.5) is 5.69 Å². The normalized spacial score (nSPS) is 10.8. The van der Waals surface area contributed by atoms with Crippen molar-refractivity contribution >= 4 is 16.6 Å². The maximum Gasteiger partial charge on any atom is 0.271 e. The monoisotopic (exact) mass is 339 g/mol. The SMILES string of the molecule is Cc1ccc(C)c(OCCn2cnc3cc([N+](=O)[O-])ccc3c2=O)c1. The van der Waals surface area contributed by atoms with Gasteiger partial charge in [0.15, 0.2) is 0 Å². The molecule has 0 radical (unpaired) electrons. The van der Waals surface area contributed by atoms with Gasteiger partial charge in [-0.15, -0.1) is 0 Å². The third-order valence-electron chi connectivity index (χ3n) is 3.95. The third kappa shape index (κ3) is 3.50. The average molecular weight is 339 g/mol. The topological polar surface area (TPSA) is 87.3 Å². The van der Waals surface area contributed by atoms with E-state index in [4.69, 9.17) is 4.74 Å². The first kappa shape index (κ1) is 16.6. The molecular weight excluding hydrogens is 322 g/mol. The fourth-order valence-corrected chi connectivity index (χ4v) is 2.54. The Hall–Kier alpha value is -3.22. The number of fused-ring (bicyclic) bond motifs is 1. The minimum Gasteiger partial charge on any atom is -0.491 e. The van der Waals surface area contributed by atoms with Gasteiger partial charge in [0, 0.05) is 12.1 Å². The Labute approximate surface area is 143 Å². The molecular formula is C18H17N3O4. The maximum atomic E-state index is 12.5. The van der Waals surface area contributed by atoms with Crippen molar-refractivity contribution in [1.82, 2.24) is 9.55 Å². The molecule has 0 N–H and O–H groups in total. The lowest BCUT2D eigenvalue weighted by molar-refractivity contribution is -0.384. The summed E-state index contributed by atoms with van der Waals surface area (Å²) in [5.41, 5.74) is 2.11. The summed E-state index contributed by atoms with van der Waals surface area (Å²) in [6.45, 7) is 4.62. The Balaban J connectivity index is 1.79. The number of non-ortho nitro benzene ring substituents is 1. The highest BCUT2D eigenvalue weighted by Gasteiger charge is 2.10. The van der Waals surface area contributed by atoms with Gasteiger partial charge >= 0.3 is 0 Å². The van der Waals surface area contributed by atoms with E-state index >= 15 is 0 Å². The minimum atomic E-state index is -0.509. The van der Waals surface area contributed by atoms with Crippen molar-refractivity contribution in [3.8, 4) is 5.75 Å². The summed E-state index contributed by atoms with van der Waals surface area (Å²) in [5.74, 6) is 0.789. The number of nitro benzene ring substituents is 1. The van der Waals surface area contributed by atoms with Crippen molar-refractivity contribution in [3.63, 3.8) is 0 Å². The van der Waals surface area contributed by atoms with Gasteiger partial charge in [-0.05, 0) is 37.1 Å². The molecule has 0 bridgehead atoms. The molecule has 1 heterocycles. The zero-order valence-electron chi connectivity index (χ0n) is 13.9. The molecule has 128 valence electrons. The van der Waals surface area contributed by atoms with Gasteiger partial charge in [-0.1, -0.05) is 12.1 Å². The predicted molar refractivity (Wildman–Crippen MR) is 94.1 cm³/mol. The van der Waals surface area contributed by atoms with Crippen LogP contribution < -0.4 is 10.3 Å². The summed E-state index contributed by atoms with van der Waals surface area (Å²) in [6, 6.07) is 10.00. The van der Waals surface area contributed by atoms with Gasteiger partial charge < -0.3 is 4.74 Å². The summed E-state index contributed by atoms with van der Waals surface area (Å²) >= 11 is 0. The van der Waals surface area contributed by atoms with Crippen LogP contribution in [0.5, 0.6) is 5.75 Å². The van der Waals surface area contributed by atoms with E-state index in [1.54, 1.807) is 0 Å². The van der Waals surface area contributed by atoms with E-state index in [9.17, 15) is 14.9 Å². The minimum absolute atomic E-state index is 0.0876. The number of rotatable bonds is 5. The first-order valence-electron chi connectivity index (χ1n) is 7.79. The lowest BCUT2D eigenvalue weighted by Gasteiger charge is -2.11. The molecule has 3 aromatic rings. The van der Waals surface area contributed by atoms with Gasteiger partial charge in [0.05, 0.1) is 28.7 Å². The molecule has 0 saturated heterocycles. The summed E-state index contributed by atoms with van der Waals surface area (Å²) in [5, 5.41) is 11.1. The van der Waals surface area contributed by atoms with Crippen LogP contribution in [0.15, 0.2) is 47.5 Å². The van der Waals surface area contributed by atoms with Crippen LogP contribution in [-0.4, -0.2) is 21.1 Å². The van der Waals surface area contributed by atoms with Gasteiger partial charge in [-0.3, -0.25) is 19.5 Å². The fraction of sp³-hybridized carbons (Fsp3) is 0.222. The van der Waals surface area contributed by atoms with Crippen molar-refractivity contribution in [1.29, 1.82) is 0 Å². The van der Waals surface area contributed by atoms with Gasteiger partial charge in [0.2, 0.25) is 0 Å². The van der Waals surface area contributed by atoms with Crippen LogP contribution in [0.25, 0.3) is 10.9 Å². The quantitative estimate of drug-likeness (QED) is 0.527. The Morgan fingerprint density at radius 2 is 2.00 bits per heavy atom. The number of aryl methyl sites for hydroxylation is 2. The second kappa shape index (κ2) is 6.72. The number of ether oxygens (including phenoxy) is 1. The number of aromatic nitrogens is 2.